The molecule has 0 aromatic heterocycles. The lowest BCUT2D eigenvalue weighted by Crippen LogP contribution is -2.37. The van der Waals surface area contributed by atoms with E-state index >= 15 is 0 Å². The number of carbonyl (C=O) groups excluding carboxylic acids is 2. The smallest absolute Gasteiger partial charge is 0.257 e. The van der Waals surface area contributed by atoms with E-state index in [1.54, 1.807) is 31.4 Å². The van der Waals surface area contributed by atoms with Gasteiger partial charge < -0.3 is 20.5 Å². The van der Waals surface area contributed by atoms with Crippen molar-refractivity contribution >= 4 is 35.2 Å². The van der Waals surface area contributed by atoms with Crippen LogP contribution in [0.3, 0.4) is 0 Å². The van der Waals surface area contributed by atoms with Crippen LogP contribution in [0.25, 0.3) is 0 Å². The van der Waals surface area contributed by atoms with Gasteiger partial charge in [0.15, 0.2) is 0 Å². The number of allylic oxidation sites excluding steroid dienone is 1. The lowest BCUT2D eigenvalue weighted by atomic mass is 9.93. The number of hydrogen-bond acceptors (Lipinski definition) is 5. The maximum Gasteiger partial charge on any atom is 0.257 e. The van der Waals surface area contributed by atoms with Gasteiger partial charge in [0.2, 0.25) is 5.91 Å². The highest BCUT2D eigenvalue weighted by atomic mass is 35.5. The number of benzene rings is 1. The Morgan fingerprint density at radius 2 is 2.15 bits per heavy atom. The van der Waals surface area contributed by atoms with E-state index in [4.69, 9.17) is 26.8 Å². The third-order valence-electron chi connectivity index (χ3n) is 4.32. The van der Waals surface area contributed by atoms with Crippen molar-refractivity contribution < 1.29 is 19.1 Å². The van der Waals surface area contributed by atoms with Crippen LogP contribution in [0.1, 0.15) is 24.8 Å². The summed E-state index contributed by atoms with van der Waals surface area (Å²) < 4.78 is 9.65. The van der Waals surface area contributed by atoms with Crippen molar-refractivity contribution in [3.8, 4) is 5.75 Å². The Kier molecular flexibility index (Phi) is 5.79. The normalized spacial score (nSPS) is 22.0. The highest BCUT2D eigenvalue weighted by Gasteiger charge is 2.47. The molecule has 140 valence electrons. The average Bonchev–Trinajstić information content (AvgIpc) is 3.30. The quantitative estimate of drug-likeness (QED) is 0.658. The van der Waals surface area contributed by atoms with Crippen LogP contribution in [0.15, 0.2) is 29.2 Å². The van der Waals surface area contributed by atoms with Gasteiger partial charge in [-0.2, -0.15) is 0 Å². The van der Waals surface area contributed by atoms with E-state index in [0.29, 0.717) is 40.9 Å². The minimum absolute atomic E-state index is 0.162. The Hall–Kier alpha value is -1.70. The van der Waals surface area contributed by atoms with Crippen LogP contribution in [0, 0.1) is 0 Å². The molecule has 1 saturated carbocycles. The maximum absolute atomic E-state index is 12.4. The minimum Gasteiger partial charge on any atom is -0.491 e. The van der Waals surface area contributed by atoms with Crippen LogP contribution in [0.2, 0.25) is 5.02 Å². The molecule has 0 saturated heterocycles. The number of rotatable bonds is 8. The molecule has 1 aliphatic heterocycles. The molecular weight excluding hydrogens is 376 g/mol. The van der Waals surface area contributed by atoms with E-state index < -0.39 is 10.7 Å². The Morgan fingerprint density at radius 3 is 2.81 bits per heavy atom. The number of ether oxygens (including phenoxy) is 2. The van der Waals surface area contributed by atoms with E-state index in [1.807, 2.05) is 0 Å². The van der Waals surface area contributed by atoms with Crippen molar-refractivity contribution in [2.75, 3.05) is 20.3 Å². The summed E-state index contributed by atoms with van der Waals surface area (Å²) in [6, 6.07) is 5.32. The first-order valence-electron chi connectivity index (χ1n) is 8.38. The van der Waals surface area contributed by atoms with Crippen LogP contribution in [0.5, 0.6) is 5.75 Å². The standard InChI is InChI=1S/C18H21ClN2O4S/c1-24-8-9-25-14-5-2-11(19)10-13(14)18(17(20)23)7-6-15(26-18)16(22)21-12-3-4-12/h2,5-6,10,12H,3-4,7-9H2,1H3,(H2,20,23)(H,21,22). The van der Waals surface area contributed by atoms with Crippen LogP contribution in [-0.4, -0.2) is 38.2 Å². The van der Waals surface area contributed by atoms with E-state index in [1.165, 1.54) is 0 Å². The predicted molar refractivity (Wildman–Crippen MR) is 101 cm³/mol. The molecule has 26 heavy (non-hydrogen) atoms. The van der Waals surface area contributed by atoms with Crippen LogP contribution in [0.4, 0.5) is 0 Å². The molecule has 0 bridgehead atoms. The second kappa shape index (κ2) is 7.90. The topological polar surface area (TPSA) is 90.7 Å². The molecule has 1 heterocycles. The molecule has 6 nitrogen and oxygen atoms in total. The SMILES string of the molecule is COCCOc1ccc(Cl)cc1C1(C(N)=O)CC=C(C(=O)NC2CC2)S1. The van der Waals surface area contributed by atoms with E-state index in [2.05, 4.69) is 5.32 Å². The van der Waals surface area contributed by atoms with Gasteiger partial charge in [-0.25, -0.2) is 0 Å². The van der Waals surface area contributed by atoms with Gasteiger partial charge in [0.05, 0.1) is 11.5 Å². The molecule has 1 aliphatic carbocycles. The molecule has 0 spiro atoms. The van der Waals surface area contributed by atoms with Gasteiger partial charge >= 0.3 is 0 Å². The van der Waals surface area contributed by atoms with Gasteiger partial charge in [-0.1, -0.05) is 29.4 Å². The number of carbonyl (C=O) groups is 2. The maximum atomic E-state index is 12.4. The first-order valence-corrected chi connectivity index (χ1v) is 9.57. The molecule has 1 aromatic rings. The highest BCUT2D eigenvalue weighted by molar-refractivity contribution is 8.05. The first kappa shape index (κ1) is 19.1. The average molecular weight is 397 g/mol. The largest absolute Gasteiger partial charge is 0.491 e. The van der Waals surface area contributed by atoms with Crippen molar-refractivity contribution in [3.05, 3.63) is 39.8 Å². The fraction of sp³-hybridized carbons (Fsp3) is 0.444. The van der Waals surface area contributed by atoms with Gasteiger partial charge in [0.25, 0.3) is 5.91 Å². The van der Waals surface area contributed by atoms with Crippen molar-refractivity contribution in [1.82, 2.24) is 5.32 Å². The molecule has 1 aromatic carbocycles. The molecule has 0 radical (unpaired) electrons. The van der Waals surface area contributed by atoms with Gasteiger partial charge in [-0.15, -0.1) is 0 Å². The third-order valence-corrected chi connectivity index (χ3v) is 6.06. The van der Waals surface area contributed by atoms with Crippen molar-refractivity contribution in [3.63, 3.8) is 0 Å². The number of thioether (sulfide) groups is 1. The van der Waals surface area contributed by atoms with Gasteiger partial charge in [-0.3, -0.25) is 9.59 Å². The fourth-order valence-electron chi connectivity index (χ4n) is 2.76. The van der Waals surface area contributed by atoms with Gasteiger partial charge in [-0.05, 0) is 37.5 Å². The molecule has 1 fully saturated rings. The highest BCUT2D eigenvalue weighted by Crippen LogP contribution is 2.52. The number of halogens is 1. The minimum atomic E-state index is -1.12. The molecule has 1 unspecified atom stereocenters. The summed E-state index contributed by atoms with van der Waals surface area (Å²) in [6.07, 6.45) is 4.06. The number of methoxy groups -OCH3 is 1. The Balaban J connectivity index is 1.87. The third kappa shape index (κ3) is 4.00. The summed E-state index contributed by atoms with van der Waals surface area (Å²) in [7, 11) is 1.58. The number of nitrogens with two attached hydrogens (primary N) is 1. The fourth-order valence-corrected chi connectivity index (χ4v) is 4.16. The monoisotopic (exact) mass is 396 g/mol. The molecule has 3 N–H and O–H groups in total. The van der Waals surface area contributed by atoms with E-state index in [0.717, 1.165) is 24.6 Å². The Labute approximate surface area is 161 Å². The molecular formula is C18H21ClN2O4S. The van der Waals surface area contributed by atoms with Crippen LogP contribution < -0.4 is 15.8 Å². The molecule has 8 heteroatoms. The second-order valence-corrected chi connectivity index (χ2v) is 8.07. The van der Waals surface area contributed by atoms with E-state index in [9.17, 15) is 9.59 Å². The molecule has 2 amide bonds. The zero-order valence-electron chi connectivity index (χ0n) is 14.4. The number of primary amides is 1. The van der Waals surface area contributed by atoms with Crippen LogP contribution in [-0.2, 0) is 19.1 Å². The van der Waals surface area contributed by atoms with E-state index in [-0.39, 0.29) is 11.9 Å². The Bertz CT molecular complexity index is 751. The summed E-state index contributed by atoms with van der Waals surface area (Å²) in [5.41, 5.74) is 6.34. The summed E-state index contributed by atoms with van der Waals surface area (Å²) >= 11 is 7.33. The molecule has 1 atom stereocenters. The zero-order chi connectivity index (χ0) is 18.7. The van der Waals surface area contributed by atoms with Gasteiger partial charge in [0.1, 0.15) is 17.1 Å². The zero-order valence-corrected chi connectivity index (χ0v) is 16.0. The molecule has 3 rings (SSSR count). The number of hydrogen-bond donors (Lipinski definition) is 2. The number of nitrogens with one attached hydrogen (secondary N) is 1. The lowest BCUT2D eigenvalue weighted by Gasteiger charge is -2.28. The second-order valence-electron chi connectivity index (χ2n) is 6.30. The van der Waals surface area contributed by atoms with Crippen LogP contribution >= 0.6 is 23.4 Å². The molecule has 2 aliphatic rings. The summed E-state index contributed by atoms with van der Waals surface area (Å²) in [5, 5.41) is 3.41. The predicted octanol–water partition coefficient (Wildman–Crippen LogP) is 2.35. The van der Waals surface area contributed by atoms with Crippen molar-refractivity contribution in [2.24, 2.45) is 5.73 Å². The summed E-state index contributed by atoms with van der Waals surface area (Å²) in [5.74, 6) is -0.189. The summed E-state index contributed by atoms with van der Waals surface area (Å²) in [6.45, 7) is 0.735. The lowest BCUT2D eigenvalue weighted by molar-refractivity contribution is -0.120. The van der Waals surface area contributed by atoms with Gasteiger partial charge in [0, 0.05) is 23.7 Å². The first-order chi connectivity index (χ1) is 12.5. The summed E-state index contributed by atoms with van der Waals surface area (Å²) in [4.78, 5) is 25.3. The van der Waals surface area contributed by atoms with Crippen molar-refractivity contribution in [2.45, 2.75) is 30.1 Å². The number of amides is 2. The Morgan fingerprint density at radius 1 is 1.38 bits per heavy atom. The van der Waals surface area contributed by atoms with Crippen molar-refractivity contribution in [1.29, 1.82) is 0 Å².